The van der Waals surface area contributed by atoms with E-state index in [2.05, 4.69) is 5.32 Å². The second kappa shape index (κ2) is 7.63. The smallest absolute Gasteiger partial charge is 0.248 e. The molecule has 2 saturated carbocycles. The van der Waals surface area contributed by atoms with Gasteiger partial charge >= 0.3 is 0 Å². The van der Waals surface area contributed by atoms with Crippen LogP contribution in [-0.4, -0.2) is 28.7 Å². The predicted octanol–water partition coefficient (Wildman–Crippen LogP) is 3.88. The van der Waals surface area contributed by atoms with Gasteiger partial charge in [-0.25, -0.2) is 0 Å². The molecule has 2 aromatic rings. The maximum Gasteiger partial charge on any atom is 0.248 e. The quantitative estimate of drug-likeness (QED) is 0.752. The third kappa shape index (κ3) is 3.46. The maximum atomic E-state index is 13.5. The van der Waals surface area contributed by atoms with Crippen LogP contribution >= 0.6 is 0 Å². The van der Waals surface area contributed by atoms with Gasteiger partial charge in [-0.15, -0.1) is 0 Å². The van der Waals surface area contributed by atoms with Crippen LogP contribution in [0.2, 0.25) is 0 Å². The zero-order valence-corrected chi connectivity index (χ0v) is 18.0. The lowest BCUT2D eigenvalue weighted by molar-refractivity contribution is -0.147. The van der Waals surface area contributed by atoms with Crippen LogP contribution in [0.25, 0.3) is 0 Å². The minimum atomic E-state index is -0.840. The highest BCUT2D eigenvalue weighted by Gasteiger charge is 2.62. The van der Waals surface area contributed by atoms with Gasteiger partial charge in [-0.3, -0.25) is 19.3 Å². The second-order valence-electron chi connectivity index (χ2n) is 9.50. The fourth-order valence-corrected chi connectivity index (χ4v) is 6.15. The monoisotopic (exact) mass is 416 g/mol. The molecule has 0 unspecified atom stereocenters. The standard InChI is InChI=1S/C26H28N2O3/c1-15-10-16(2)12-20(11-15)27-24(29)21(13-17-6-4-3-5-7-17)28-25(30)22-18-8-9-19(14-18)23(22)26(28)31/h3-7,10-12,18-19,21-23H,8-9,13-14H2,1-2H3,(H,27,29)/t18-,19-,21-,22+,23+/m0/s1. The normalized spacial score (nSPS) is 27.5. The first kappa shape index (κ1) is 20.0. The Bertz CT molecular complexity index is 1000. The molecule has 160 valence electrons. The molecule has 0 aromatic heterocycles. The zero-order valence-electron chi connectivity index (χ0n) is 18.0. The van der Waals surface area contributed by atoms with Crippen LogP contribution in [0, 0.1) is 37.5 Å². The number of imide groups is 1. The second-order valence-corrected chi connectivity index (χ2v) is 9.50. The molecule has 0 spiro atoms. The third-order valence-electron chi connectivity index (χ3n) is 7.34. The van der Waals surface area contributed by atoms with Crippen molar-refractivity contribution in [2.45, 2.75) is 45.6 Å². The number of nitrogens with zero attached hydrogens (tertiary/aromatic N) is 1. The van der Waals surface area contributed by atoms with Crippen LogP contribution in [-0.2, 0) is 20.8 Å². The van der Waals surface area contributed by atoms with Crippen molar-refractivity contribution in [2.24, 2.45) is 23.7 Å². The van der Waals surface area contributed by atoms with E-state index in [4.69, 9.17) is 0 Å². The largest absolute Gasteiger partial charge is 0.324 e. The van der Waals surface area contributed by atoms with Crippen LogP contribution < -0.4 is 5.32 Å². The summed E-state index contributed by atoms with van der Waals surface area (Å²) in [5, 5.41) is 2.98. The Labute approximate surface area is 182 Å². The van der Waals surface area contributed by atoms with E-state index in [-0.39, 0.29) is 29.6 Å². The molecule has 2 bridgehead atoms. The molecule has 31 heavy (non-hydrogen) atoms. The fraction of sp³-hybridized carbons (Fsp3) is 0.423. The Morgan fingerprint density at radius 1 is 0.968 bits per heavy atom. The first-order valence-electron chi connectivity index (χ1n) is 11.2. The van der Waals surface area contributed by atoms with Crippen LogP contribution in [0.5, 0.6) is 0 Å². The number of hydrogen-bond donors (Lipinski definition) is 1. The van der Waals surface area contributed by atoms with E-state index in [0.29, 0.717) is 23.9 Å². The summed E-state index contributed by atoms with van der Waals surface area (Å²) in [6, 6.07) is 14.6. The molecule has 5 nitrogen and oxygen atoms in total. The van der Waals surface area contributed by atoms with Gasteiger partial charge in [0.25, 0.3) is 0 Å². The minimum Gasteiger partial charge on any atom is -0.324 e. The topological polar surface area (TPSA) is 66.5 Å². The number of hydrogen-bond acceptors (Lipinski definition) is 3. The first-order valence-corrected chi connectivity index (χ1v) is 11.2. The number of aryl methyl sites for hydroxylation is 2. The molecule has 5 rings (SSSR count). The summed E-state index contributed by atoms with van der Waals surface area (Å²) in [6.45, 7) is 3.96. The number of benzene rings is 2. The highest BCUT2D eigenvalue weighted by Crippen LogP contribution is 2.56. The average molecular weight is 417 g/mol. The third-order valence-corrected chi connectivity index (χ3v) is 7.34. The summed E-state index contributed by atoms with van der Waals surface area (Å²) in [5.74, 6) is -0.426. The van der Waals surface area contributed by atoms with E-state index in [1.165, 1.54) is 4.90 Å². The van der Waals surface area contributed by atoms with Crippen LogP contribution in [0.4, 0.5) is 5.69 Å². The molecule has 1 N–H and O–H groups in total. The van der Waals surface area contributed by atoms with Crippen molar-refractivity contribution < 1.29 is 14.4 Å². The lowest BCUT2D eigenvalue weighted by atomic mass is 9.81. The molecule has 1 aliphatic heterocycles. The Kier molecular flexibility index (Phi) is 4.92. The van der Waals surface area contributed by atoms with Gasteiger partial charge in [-0.05, 0) is 73.8 Å². The molecule has 5 heteroatoms. The van der Waals surface area contributed by atoms with Crippen molar-refractivity contribution in [1.82, 2.24) is 4.90 Å². The van der Waals surface area contributed by atoms with Crippen molar-refractivity contribution >= 4 is 23.4 Å². The first-order chi connectivity index (χ1) is 14.9. The molecule has 3 fully saturated rings. The van der Waals surface area contributed by atoms with E-state index in [9.17, 15) is 14.4 Å². The van der Waals surface area contributed by atoms with Gasteiger partial charge in [0.2, 0.25) is 17.7 Å². The molecular formula is C26H28N2O3. The van der Waals surface area contributed by atoms with Crippen molar-refractivity contribution in [2.75, 3.05) is 5.32 Å². The molecule has 5 atom stereocenters. The van der Waals surface area contributed by atoms with E-state index in [1.54, 1.807) is 0 Å². The van der Waals surface area contributed by atoms with Crippen LogP contribution in [0.1, 0.15) is 36.0 Å². The molecule has 3 amide bonds. The van der Waals surface area contributed by atoms with Crippen molar-refractivity contribution in [3.63, 3.8) is 0 Å². The number of nitrogens with one attached hydrogen (secondary N) is 1. The molecule has 3 aliphatic rings. The van der Waals surface area contributed by atoms with Gasteiger partial charge in [0.1, 0.15) is 6.04 Å². The summed E-state index contributed by atoms with van der Waals surface area (Å²) in [5.41, 5.74) is 3.73. The average Bonchev–Trinajstić information content (AvgIpc) is 3.40. The Morgan fingerprint density at radius 2 is 1.55 bits per heavy atom. The van der Waals surface area contributed by atoms with E-state index in [0.717, 1.165) is 36.0 Å². The summed E-state index contributed by atoms with van der Waals surface area (Å²) in [6.07, 6.45) is 3.36. The van der Waals surface area contributed by atoms with Crippen molar-refractivity contribution in [3.05, 3.63) is 65.2 Å². The fourth-order valence-electron chi connectivity index (χ4n) is 6.15. The Hall–Kier alpha value is -2.95. The highest BCUT2D eigenvalue weighted by atomic mass is 16.2. The molecule has 0 radical (unpaired) electrons. The number of fused-ring (bicyclic) bond motifs is 5. The van der Waals surface area contributed by atoms with Gasteiger partial charge < -0.3 is 5.32 Å². The summed E-state index contributed by atoms with van der Waals surface area (Å²) in [4.78, 5) is 41.6. The Balaban J connectivity index is 1.46. The van der Waals surface area contributed by atoms with Gasteiger partial charge in [0.05, 0.1) is 11.8 Å². The molecular weight excluding hydrogens is 388 g/mol. The lowest BCUT2D eigenvalue weighted by Crippen LogP contribution is -2.49. The molecule has 2 aliphatic carbocycles. The minimum absolute atomic E-state index is 0.140. The number of carbonyl (C=O) groups excluding carboxylic acids is 3. The summed E-state index contributed by atoms with van der Waals surface area (Å²) < 4.78 is 0. The van der Waals surface area contributed by atoms with E-state index in [1.807, 2.05) is 62.4 Å². The number of likely N-dealkylation sites (tertiary alicyclic amines) is 1. The number of rotatable bonds is 5. The van der Waals surface area contributed by atoms with Crippen LogP contribution in [0.15, 0.2) is 48.5 Å². The maximum absolute atomic E-state index is 13.5. The van der Waals surface area contributed by atoms with E-state index >= 15 is 0 Å². The zero-order chi connectivity index (χ0) is 21.7. The van der Waals surface area contributed by atoms with Gasteiger partial charge in [-0.2, -0.15) is 0 Å². The number of amides is 3. The van der Waals surface area contributed by atoms with Gasteiger partial charge in [0, 0.05) is 12.1 Å². The summed E-state index contributed by atoms with van der Waals surface area (Å²) >= 11 is 0. The summed E-state index contributed by atoms with van der Waals surface area (Å²) in [7, 11) is 0. The Morgan fingerprint density at radius 3 is 2.13 bits per heavy atom. The SMILES string of the molecule is Cc1cc(C)cc(NC(=O)[C@H](Cc2ccccc2)N2C(=O)[C@@H]3[C@H]4CC[C@@H](C4)[C@H]3C2=O)c1. The van der Waals surface area contributed by atoms with Crippen molar-refractivity contribution in [3.8, 4) is 0 Å². The molecule has 1 heterocycles. The number of anilines is 1. The predicted molar refractivity (Wildman–Crippen MR) is 118 cm³/mol. The van der Waals surface area contributed by atoms with Gasteiger partial charge in [-0.1, -0.05) is 36.4 Å². The van der Waals surface area contributed by atoms with Gasteiger partial charge in [0.15, 0.2) is 0 Å². The van der Waals surface area contributed by atoms with E-state index < -0.39 is 6.04 Å². The highest BCUT2D eigenvalue weighted by molar-refractivity contribution is 6.10. The molecule has 1 saturated heterocycles. The van der Waals surface area contributed by atoms with Crippen molar-refractivity contribution in [1.29, 1.82) is 0 Å². The molecule has 2 aromatic carbocycles. The number of carbonyl (C=O) groups is 3. The van der Waals surface area contributed by atoms with Crippen LogP contribution in [0.3, 0.4) is 0 Å². The lowest BCUT2D eigenvalue weighted by Gasteiger charge is -2.27.